The molecule has 1 fully saturated rings. The van der Waals surface area contributed by atoms with Crippen molar-refractivity contribution in [1.82, 2.24) is 14.3 Å². The van der Waals surface area contributed by atoms with Crippen molar-refractivity contribution in [1.29, 1.82) is 0 Å². The molecule has 3 heterocycles. The van der Waals surface area contributed by atoms with Crippen LogP contribution in [0.15, 0.2) is 29.4 Å². The average Bonchev–Trinajstić information content (AvgIpc) is 3.06. The van der Waals surface area contributed by atoms with E-state index in [1.54, 1.807) is 29.6 Å². The third-order valence-corrected chi connectivity index (χ3v) is 8.87. The highest BCUT2D eigenvalue weighted by Gasteiger charge is 2.33. The van der Waals surface area contributed by atoms with E-state index in [0.717, 1.165) is 12.8 Å². The largest absolute Gasteiger partial charge is 0.495 e. The van der Waals surface area contributed by atoms with E-state index in [1.165, 1.54) is 17.7 Å². The molecular formula is C20H23ClN4O3S2. The Morgan fingerprint density at radius 3 is 2.67 bits per heavy atom. The Morgan fingerprint density at radius 1 is 1.27 bits per heavy atom. The first-order valence-corrected chi connectivity index (χ1v) is 12.3. The Bertz CT molecular complexity index is 1190. The normalized spacial score (nSPS) is 16.1. The number of methoxy groups -OCH3 is 1. The number of piperidine rings is 1. The van der Waals surface area contributed by atoms with Crippen molar-refractivity contribution < 1.29 is 13.2 Å². The Hall–Kier alpha value is -1.94. The van der Waals surface area contributed by atoms with Crippen LogP contribution in [-0.2, 0) is 10.0 Å². The number of nitrogens with zero attached hydrogens (tertiary/aromatic N) is 3. The minimum Gasteiger partial charge on any atom is -0.495 e. The summed E-state index contributed by atoms with van der Waals surface area (Å²) in [6.45, 7) is 5.04. The summed E-state index contributed by atoms with van der Waals surface area (Å²) in [6, 6.07) is 5.26. The first-order valence-electron chi connectivity index (χ1n) is 9.66. The maximum Gasteiger partial charge on any atom is 0.244 e. The second kappa shape index (κ2) is 8.30. The van der Waals surface area contributed by atoms with E-state index in [4.69, 9.17) is 16.3 Å². The molecule has 1 saturated heterocycles. The molecule has 10 heteroatoms. The molecular weight excluding hydrogens is 444 g/mol. The van der Waals surface area contributed by atoms with Gasteiger partial charge in [-0.25, -0.2) is 18.4 Å². The molecule has 1 aliphatic heterocycles. The molecule has 7 nitrogen and oxygen atoms in total. The highest BCUT2D eigenvalue weighted by molar-refractivity contribution is 7.89. The predicted molar refractivity (Wildman–Crippen MR) is 121 cm³/mol. The van der Waals surface area contributed by atoms with Crippen LogP contribution in [0, 0.1) is 12.8 Å². The summed E-state index contributed by atoms with van der Waals surface area (Å²) in [5.74, 6) is 1.54. The minimum atomic E-state index is -3.66. The van der Waals surface area contributed by atoms with E-state index in [-0.39, 0.29) is 0 Å². The number of nitrogens with one attached hydrogen (secondary N) is 1. The number of ether oxygens (including phenoxy) is 1. The summed E-state index contributed by atoms with van der Waals surface area (Å²) in [5.41, 5.74) is 0.680. The zero-order valence-electron chi connectivity index (χ0n) is 17.0. The lowest BCUT2D eigenvalue weighted by Gasteiger charge is -2.29. The third kappa shape index (κ3) is 3.87. The zero-order valence-corrected chi connectivity index (χ0v) is 19.4. The molecule has 0 bridgehead atoms. The van der Waals surface area contributed by atoms with Gasteiger partial charge in [-0.1, -0.05) is 18.5 Å². The van der Waals surface area contributed by atoms with Gasteiger partial charge in [0.25, 0.3) is 0 Å². The maximum absolute atomic E-state index is 13.5. The van der Waals surface area contributed by atoms with Crippen molar-refractivity contribution in [2.24, 2.45) is 5.92 Å². The number of aryl methyl sites for hydroxylation is 1. The molecule has 0 atom stereocenters. The van der Waals surface area contributed by atoms with Crippen molar-refractivity contribution in [2.45, 2.75) is 31.6 Å². The number of rotatable bonds is 5. The zero-order chi connectivity index (χ0) is 21.5. The fourth-order valence-electron chi connectivity index (χ4n) is 3.66. The lowest BCUT2D eigenvalue weighted by atomic mass is 10.0. The molecule has 1 aliphatic rings. The van der Waals surface area contributed by atoms with Crippen LogP contribution in [0.25, 0.3) is 10.2 Å². The predicted octanol–water partition coefficient (Wildman–Crippen LogP) is 4.83. The molecule has 0 unspecified atom stereocenters. The molecule has 0 radical (unpaired) electrons. The van der Waals surface area contributed by atoms with Gasteiger partial charge in [0.1, 0.15) is 27.6 Å². The van der Waals surface area contributed by atoms with E-state index < -0.39 is 10.0 Å². The lowest BCUT2D eigenvalue weighted by molar-refractivity contribution is 0.288. The summed E-state index contributed by atoms with van der Waals surface area (Å²) in [5, 5.41) is 4.18. The Labute approximate surface area is 185 Å². The first kappa shape index (κ1) is 21.3. The highest BCUT2D eigenvalue weighted by Crippen LogP contribution is 2.40. The first-order chi connectivity index (χ1) is 14.3. The van der Waals surface area contributed by atoms with E-state index in [0.29, 0.717) is 61.3 Å². The number of hydrogen-bond donors (Lipinski definition) is 1. The van der Waals surface area contributed by atoms with E-state index in [9.17, 15) is 8.42 Å². The molecule has 1 N–H and O–H groups in total. The van der Waals surface area contributed by atoms with Crippen LogP contribution in [0.4, 0.5) is 11.5 Å². The fraction of sp³-hybridized carbons (Fsp3) is 0.400. The van der Waals surface area contributed by atoms with Gasteiger partial charge < -0.3 is 10.1 Å². The Balaban J connectivity index is 1.78. The highest BCUT2D eigenvalue weighted by atomic mass is 35.5. The molecule has 0 spiro atoms. The van der Waals surface area contributed by atoms with E-state index in [2.05, 4.69) is 22.2 Å². The number of fused-ring (bicyclic) bond motifs is 1. The van der Waals surface area contributed by atoms with Gasteiger partial charge in [-0.3, -0.25) is 0 Å². The average molecular weight is 467 g/mol. The van der Waals surface area contributed by atoms with Crippen LogP contribution < -0.4 is 10.1 Å². The van der Waals surface area contributed by atoms with Gasteiger partial charge in [0.05, 0.1) is 17.5 Å². The van der Waals surface area contributed by atoms with Crippen LogP contribution in [0.3, 0.4) is 0 Å². The molecule has 0 aliphatic carbocycles. The van der Waals surface area contributed by atoms with Gasteiger partial charge in [0, 0.05) is 23.7 Å². The van der Waals surface area contributed by atoms with Crippen LogP contribution in [0.1, 0.15) is 24.6 Å². The second-order valence-corrected chi connectivity index (χ2v) is 10.9. The topological polar surface area (TPSA) is 84.4 Å². The van der Waals surface area contributed by atoms with Crippen LogP contribution in [0.2, 0.25) is 5.02 Å². The molecule has 2 aromatic heterocycles. The van der Waals surface area contributed by atoms with Crippen LogP contribution >= 0.6 is 22.9 Å². The molecule has 1 aromatic carbocycles. The molecule has 0 saturated carbocycles. The van der Waals surface area contributed by atoms with Gasteiger partial charge >= 0.3 is 0 Å². The fourth-order valence-corrected chi connectivity index (χ4v) is 7.07. The third-order valence-electron chi connectivity index (χ3n) is 5.36. The van der Waals surface area contributed by atoms with Gasteiger partial charge in [0.15, 0.2) is 0 Å². The van der Waals surface area contributed by atoms with Gasteiger partial charge in [-0.05, 0) is 43.9 Å². The molecule has 0 amide bonds. The Kier molecular flexibility index (Phi) is 5.89. The summed E-state index contributed by atoms with van der Waals surface area (Å²) >= 11 is 7.60. The number of benzene rings is 1. The standard InChI is InChI=1S/C20H23ClN4O3S2/c1-12-6-8-25(9-7-12)30(26,27)18-13(2)29-20-17(18)19(22-11-23-20)24-14-4-5-16(28-3)15(21)10-14/h4-5,10-12H,6-9H2,1-3H3,(H,22,23,24). The van der Waals surface area contributed by atoms with E-state index >= 15 is 0 Å². The number of halogens is 1. The van der Waals surface area contributed by atoms with E-state index in [1.807, 2.05) is 6.92 Å². The second-order valence-electron chi connectivity index (χ2n) is 7.45. The summed E-state index contributed by atoms with van der Waals surface area (Å²) < 4.78 is 33.9. The number of hydrogen-bond acceptors (Lipinski definition) is 7. The minimum absolute atomic E-state index is 0.291. The van der Waals surface area contributed by atoms with Crippen molar-refractivity contribution in [3.05, 3.63) is 34.4 Å². The van der Waals surface area contributed by atoms with Crippen molar-refractivity contribution in [2.75, 3.05) is 25.5 Å². The van der Waals surface area contributed by atoms with Gasteiger partial charge in [0.2, 0.25) is 10.0 Å². The number of thiophene rings is 1. The molecule has 4 rings (SSSR count). The molecule has 30 heavy (non-hydrogen) atoms. The number of sulfonamides is 1. The summed E-state index contributed by atoms with van der Waals surface area (Å²) in [7, 11) is -2.10. The number of aromatic nitrogens is 2. The number of anilines is 2. The monoisotopic (exact) mass is 466 g/mol. The molecule has 160 valence electrons. The Morgan fingerprint density at radius 2 is 2.00 bits per heavy atom. The smallest absolute Gasteiger partial charge is 0.244 e. The lowest BCUT2D eigenvalue weighted by Crippen LogP contribution is -2.38. The van der Waals surface area contributed by atoms with Gasteiger partial charge in [-0.2, -0.15) is 4.31 Å². The van der Waals surface area contributed by atoms with Crippen LogP contribution in [0.5, 0.6) is 5.75 Å². The van der Waals surface area contributed by atoms with Gasteiger partial charge in [-0.15, -0.1) is 11.3 Å². The van der Waals surface area contributed by atoms with Crippen molar-refractivity contribution >= 4 is 54.7 Å². The summed E-state index contributed by atoms with van der Waals surface area (Å²) in [6.07, 6.45) is 3.17. The summed E-state index contributed by atoms with van der Waals surface area (Å²) in [4.78, 5) is 10.3. The van der Waals surface area contributed by atoms with Crippen molar-refractivity contribution in [3.63, 3.8) is 0 Å². The quantitative estimate of drug-likeness (QED) is 0.580. The van der Waals surface area contributed by atoms with Crippen molar-refractivity contribution in [3.8, 4) is 5.75 Å². The maximum atomic E-state index is 13.5. The SMILES string of the molecule is COc1ccc(Nc2ncnc3sc(C)c(S(=O)(=O)N4CCC(C)CC4)c23)cc1Cl. The molecule has 3 aromatic rings. The van der Waals surface area contributed by atoms with Crippen LogP contribution in [-0.4, -0.2) is 42.9 Å².